The van der Waals surface area contributed by atoms with Crippen LogP contribution in [0.4, 0.5) is 8.78 Å². The van der Waals surface area contributed by atoms with Gasteiger partial charge in [0.15, 0.2) is 6.79 Å². The molecule has 23 heavy (non-hydrogen) atoms. The van der Waals surface area contributed by atoms with Crippen LogP contribution in [0.5, 0.6) is 5.75 Å². The van der Waals surface area contributed by atoms with Crippen LogP contribution in [0.1, 0.15) is 0 Å². The van der Waals surface area contributed by atoms with Gasteiger partial charge >= 0.3 is 0 Å². The van der Waals surface area contributed by atoms with Gasteiger partial charge in [-0.1, -0.05) is 11.3 Å². The van der Waals surface area contributed by atoms with Gasteiger partial charge in [0.25, 0.3) is 6.43 Å². The Morgan fingerprint density at radius 1 is 1.30 bits per heavy atom. The summed E-state index contributed by atoms with van der Waals surface area (Å²) < 4.78 is 36.3. The van der Waals surface area contributed by atoms with E-state index in [9.17, 15) is 13.6 Å². The number of ether oxygens (including phenoxy) is 2. The quantitative estimate of drug-likeness (QED) is 0.535. The molecule has 0 saturated carbocycles. The van der Waals surface area contributed by atoms with Crippen molar-refractivity contribution in [3.63, 3.8) is 0 Å². The predicted molar refractivity (Wildman–Crippen MR) is 78.5 cm³/mol. The van der Waals surface area contributed by atoms with E-state index in [1.807, 2.05) is 0 Å². The first-order valence-electron chi connectivity index (χ1n) is 6.34. The maximum Gasteiger partial charge on any atom is 0.256 e. The van der Waals surface area contributed by atoms with Crippen molar-refractivity contribution in [3.8, 4) is 17.0 Å². The number of aromatic nitrogens is 1. The second kappa shape index (κ2) is 9.47. The summed E-state index contributed by atoms with van der Waals surface area (Å²) in [6, 6.07) is 10.6. The third-order valence-electron chi connectivity index (χ3n) is 2.85. The smallest absolute Gasteiger partial charge is 0.256 e. The number of halogens is 3. The van der Waals surface area contributed by atoms with E-state index in [4.69, 9.17) is 21.1 Å². The fraction of sp³-hybridized carbons (Fsp3) is 0.267. The number of methoxy groups -OCH3 is 1. The largest absolute Gasteiger partial charge is 0.468 e. The summed E-state index contributed by atoms with van der Waals surface area (Å²) >= 11 is 5.70. The van der Waals surface area contributed by atoms with Crippen LogP contribution in [-0.4, -0.2) is 24.9 Å². The summed E-state index contributed by atoms with van der Waals surface area (Å²) in [5.41, 5.74) is 0.127. The Balaban J connectivity index is 0.00000264. The minimum absolute atomic E-state index is 0. The van der Waals surface area contributed by atoms with Gasteiger partial charge in [-0.2, -0.15) is 23.7 Å². The zero-order chi connectivity index (χ0) is 16.1. The average Bonchev–Trinajstić information content (AvgIpc) is 2.50. The van der Waals surface area contributed by atoms with Crippen LogP contribution in [0, 0.1) is 6.07 Å². The third kappa shape index (κ3) is 5.35. The molecule has 1 aromatic heterocycles. The zero-order valence-electron chi connectivity index (χ0n) is 12.3. The van der Waals surface area contributed by atoms with Crippen LogP contribution in [0.3, 0.4) is 0 Å². The molecule has 1 heterocycles. The van der Waals surface area contributed by atoms with Gasteiger partial charge in [0.2, 0.25) is 5.56 Å². The number of hydrogen-bond donors (Lipinski definition) is 0. The topological polar surface area (TPSA) is 40.5 Å². The summed E-state index contributed by atoms with van der Waals surface area (Å²) in [7, 11) is 1.50. The first-order chi connectivity index (χ1) is 10.5. The van der Waals surface area contributed by atoms with Crippen LogP contribution in [0.25, 0.3) is 11.3 Å². The Hall–Kier alpha value is -0.816. The Morgan fingerprint density at radius 2 is 1.96 bits per heavy atom. The number of hydrogen-bond acceptors (Lipinski definition) is 3. The first kappa shape index (κ1) is 20.2. The fourth-order valence-corrected chi connectivity index (χ4v) is 2.05. The van der Waals surface area contributed by atoms with Gasteiger partial charge in [-0.15, -0.1) is 12.1 Å². The van der Waals surface area contributed by atoms with Gasteiger partial charge in [-0.05, 0) is 12.1 Å². The first-order valence-corrected chi connectivity index (χ1v) is 6.72. The van der Waals surface area contributed by atoms with E-state index in [0.29, 0.717) is 11.3 Å². The molecule has 0 atom stereocenters. The number of nitrogens with zero attached hydrogens (tertiary/aromatic N) is 1. The molecule has 121 valence electrons. The van der Waals surface area contributed by atoms with Crippen molar-refractivity contribution < 1.29 is 51.0 Å². The average molecular weight is 418 g/mol. The molecule has 0 aliphatic carbocycles. The fourth-order valence-electron chi connectivity index (χ4n) is 1.89. The molecule has 0 N–H and O–H groups in total. The van der Waals surface area contributed by atoms with Crippen molar-refractivity contribution >= 4 is 11.6 Å². The minimum atomic E-state index is -2.67. The minimum Gasteiger partial charge on any atom is -0.468 e. The molecular weight excluding hydrogens is 405 g/mol. The number of benzene rings is 1. The zero-order valence-corrected chi connectivity index (χ0v) is 15.9. The second-order valence-electron chi connectivity index (χ2n) is 4.37. The second-order valence-corrected chi connectivity index (χ2v) is 4.77. The Labute approximate surface area is 162 Å². The van der Waals surface area contributed by atoms with Crippen LogP contribution in [0.2, 0.25) is 5.02 Å². The molecule has 2 aromatic rings. The Kier molecular flexibility index (Phi) is 8.33. The van der Waals surface area contributed by atoms with E-state index in [2.05, 4.69) is 6.07 Å². The molecule has 0 fully saturated rings. The molecule has 2 rings (SSSR count). The molecular formula is C15H13ClF2NO3Y-. The maximum atomic E-state index is 12.7. The summed E-state index contributed by atoms with van der Waals surface area (Å²) in [6.07, 6.45) is -2.67. The molecule has 0 aliphatic rings. The van der Waals surface area contributed by atoms with Crippen molar-refractivity contribution in [1.82, 2.24) is 4.57 Å². The van der Waals surface area contributed by atoms with Crippen molar-refractivity contribution in [2.45, 2.75) is 13.0 Å². The van der Waals surface area contributed by atoms with Gasteiger partial charge in [-0.25, -0.2) is 8.78 Å². The molecule has 1 radical (unpaired) electrons. The van der Waals surface area contributed by atoms with E-state index in [0.717, 1.165) is 4.57 Å². The summed E-state index contributed by atoms with van der Waals surface area (Å²) in [5.74, 6) is 0.558. The number of alkyl halides is 2. The third-order valence-corrected chi connectivity index (χ3v) is 3.12. The predicted octanol–water partition coefficient (Wildman–Crippen LogP) is 3.21. The Bertz CT molecular complexity index is 692. The molecule has 0 spiro atoms. The van der Waals surface area contributed by atoms with Crippen molar-refractivity contribution in [1.29, 1.82) is 0 Å². The summed E-state index contributed by atoms with van der Waals surface area (Å²) in [5, 5.41) is -0.149. The van der Waals surface area contributed by atoms with E-state index in [1.165, 1.54) is 13.2 Å². The SMILES string of the molecule is COCOc1ccc(-c2[c-]cc(Cl)c(=O)n2CC(F)F)cc1.[Y]. The van der Waals surface area contributed by atoms with E-state index < -0.39 is 18.5 Å². The maximum absolute atomic E-state index is 12.7. The molecule has 0 unspecified atom stereocenters. The van der Waals surface area contributed by atoms with Crippen LogP contribution >= 0.6 is 11.6 Å². The van der Waals surface area contributed by atoms with E-state index >= 15 is 0 Å². The van der Waals surface area contributed by atoms with E-state index in [1.54, 1.807) is 24.3 Å². The summed E-state index contributed by atoms with van der Waals surface area (Å²) in [4.78, 5) is 11.9. The van der Waals surface area contributed by atoms with Crippen LogP contribution in [0.15, 0.2) is 35.1 Å². The normalized spacial score (nSPS) is 10.5. The molecule has 0 amide bonds. The molecule has 0 aliphatic heterocycles. The molecule has 1 aromatic carbocycles. The van der Waals surface area contributed by atoms with Crippen LogP contribution < -0.4 is 10.3 Å². The molecule has 8 heteroatoms. The van der Waals surface area contributed by atoms with Crippen LogP contribution in [-0.2, 0) is 44.0 Å². The van der Waals surface area contributed by atoms with E-state index in [-0.39, 0.29) is 50.2 Å². The number of pyridine rings is 1. The standard InChI is InChI=1S/C15H13ClF2NO3.Y/c1-21-9-22-11-4-2-10(3-5-11)13-7-6-12(16)15(20)19(13)8-14(17)18;/h2-6,14H,8-9H2,1H3;/q-1;. The van der Waals surface area contributed by atoms with Gasteiger partial charge in [0, 0.05) is 44.8 Å². The van der Waals surface area contributed by atoms with Gasteiger partial charge in [0.05, 0.1) is 6.54 Å². The van der Waals surface area contributed by atoms with Crippen molar-refractivity contribution in [3.05, 3.63) is 51.8 Å². The monoisotopic (exact) mass is 417 g/mol. The Morgan fingerprint density at radius 3 is 2.52 bits per heavy atom. The van der Waals surface area contributed by atoms with Crippen molar-refractivity contribution in [2.75, 3.05) is 13.9 Å². The van der Waals surface area contributed by atoms with Gasteiger partial charge in [0.1, 0.15) is 5.75 Å². The van der Waals surface area contributed by atoms with Crippen molar-refractivity contribution in [2.24, 2.45) is 0 Å². The van der Waals surface area contributed by atoms with Gasteiger partial charge in [-0.3, -0.25) is 4.79 Å². The summed E-state index contributed by atoms with van der Waals surface area (Å²) in [6.45, 7) is -0.643. The molecule has 4 nitrogen and oxygen atoms in total. The molecule has 0 bridgehead atoms. The number of rotatable bonds is 6. The van der Waals surface area contributed by atoms with Gasteiger partial charge < -0.3 is 14.0 Å². The molecule has 0 saturated heterocycles.